The molecule has 0 aliphatic carbocycles. The van der Waals surface area contributed by atoms with Crippen LogP contribution >= 0.6 is 0 Å². The number of hydrogen-bond acceptors (Lipinski definition) is 4. The second-order valence-electron chi connectivity index (χ2n) is 5.28. The van der Waals surface area contributed by atoms with Crippen LogP contribution in [0.1, 0.15) is 27.3 Å². The maximum atomic E-state index is 12.0. The van der Waals surface area contributed by atoms with Crippen molar-refractivity contribution in [1.82, 2.24) is 24.8 Å². The van der Waals surface area contributed by atoms with Crippen molar-refractivity contribution < 1.29 is 4.79 Å². The summed E-state index contributed by atoms with van der Waals surface area (Å²) >= 11 is 0. The highest BCUT2D eigenvalue weighted by molar-refractivity contribution is 5.91. The average Bonchev–Trinajstić information content (AvgIpc) is 3.07. The van der Waals surface area contributed by atoms with E-state index in [0.29, 0.717) is 12.2 Å². The van der Waals surface area contributed by atoms with Gasteiger partial charge >= 0.3 is 0 Å². The summed E-state index contributed by atoms with van der Waals surface area (Å²) in [6.45, 7) is 3.07. The van der Waals surface area contributed by atoms with Crippen LogP contribution in [0, 0.1) is 6.92 Å². The van der Waals surface area contributed by atoms with Crippen molar-refractivity contribution in [2.45, 2.75) is 20.0 Å². The molecule has 0 bridgehead atoms. The number of rotatable bonds is 5. The molecule has 0 spiro atoms. The van der Waals surface area contributed by atoms with E-state index in [1.807, 2.05) is 42.0 Å². The number of nitrogens with zero attached hydrogens (tertiary/aromatic N) is 4. The molecule has 0 aliphatic heterocycles. The number of nitrogens with one attached hydrogen (secondary N) is 1. The smallest absolute Gasteiger partial charge is 0.271 e. The van der Waals surface area contributed by atoms with Crippen molar-refractivity contribution in [3.63, 3.8) is 0 Å². The fourth-order valence-corrected chi connectivity index (χ4v) is 2.14. The Morgan fingerprint density at radius 2 is 1.91 bits per heavy atom. The van der Waals surface area contributed by atoms with Gasteiger partial charge in [0.15, 0.2) is 0 Å². The van der Waals surface area contributed by atoms with Crippen molar-refractivity contribution in [2.24, 2.45) is 0 Å². The molecule has 0 unspecified atom stereocenters. The summed E-state index contributed by atoms with van der Waals surface area (Å²) in [6.07, 6.45) is 8.55. The Bertz CT molecular complexity index is 764. The van der Waals surface area contributed by atoms with E-state index in [9.17, 15) is 4.79 Å². The van der Waals surface area contributed by atoms with E-state index >= 15 is 0 Å². The molecule has 0 aliphatic rings. The quantitative estimate of drug-likeness (QED) is 0.782. The molecule has 1 amide bonds. The maximum absolute atomic E-state index is 12.0. The molecule has 3 aromatic rings. The average molecular weight is 307 g/mol. The molecule has 3 rings (SSSR count). The topological polar surface area (TPSA) is 72.7 Å². The summed E-state index contributed by atoms with van der Waals surface area (Å²) in [5, 5.41) is 2.84. The lowest BCUT2D eigenvalue weighted by Crippen LogP contribution is -2.24. The van der Waals surface area contributed by atoms with Gasteiger partial charge < -0.3 is 9.88 Å². The van der Waals surface area contributed by atoms with E-state index in [-0.39, 0.29) is 5.91 Å². The Labute approximate surface area is 134 Å². The second-order valence-corrected chi connectivity index (χ2v) is 5.28. The molecule has 0 saturated carbocycles. The first-order chi connectivity index (χ1) is 11.2. The number of aromatic nitrogens is 4. The summed E-state index contributed by atoms with van der Waals surface area (Å²) in [4.78, 5) is 24.1. The number of aryl methyl sites for hydroxylation is 1. The number of imidazole rings is 1. The van der Waals surface area contributed by atoms with Crippen LogP contribution < -0.4 is 5.32 Å². The van der Waals surface area contributed by atoms with Gasteiger partial charge in [-0.15, -0.1) is 0 Å². The van der Waals surface area contributed by atoms with Gasteiger partial charge in [0.1, 0.15) is 5.69 Å². The number of amides is 1. The first-order valence-corrected chi connectivity index (χ1v) is 7.31. The van der Waals surface area contributed by atoms with Crippen LogP contribution in [0.2, 0.25) is 0 Å². The lowest BCUT2D eigenvalue weighted by atomic mass is 10.1. The molecular formula is C17H17N5O. The molecule has 23 heavy (non-hydrogen) atoms. The molecule has 1 aromatic carbocycles. The van der Waals surface area contributed by atoms with Gasteiger partial charge in [0.2, 0.25) is 0 Å². The zero-order valence-electron chi connectivity index (χ0n) is 12.8. The first-order valence-electron chi connectivity index (χ1n) is 7.31. The minimum absolute atomic E-state index is 0.222. The van der Waals surface area contributed by atoms with E-state index in [4.69, 9.17) is 0 Å². The summed E-state index contributed by atoms with van der Waals surface area (Å²) in [6, 6.07) is 8.11. The number of benzene rings is 1. The van der Waals surface area contributed by atoms with E-state index in [1.54, 1.807) is 18.7 Å². The minimum Gasteiger partial charge on any atom is -0.347 e. The van der Waals surface area contributed by atoms with Gasteiger partial charge in [-0.2, -0.15) is 0 Å². The molecule has 6 nitrogen and oxygen atoms in total. The predicted octanol–water partition coefficient (Wildman–Crippen LogP) is 1.96. The Morgan fingerprint density at radius 1 is 1.13 bits per heavy atom. The Kier molecular flexibility index (Phi) is 4.42. The van der Waals surface area contributed by atoms with Crippen molar-refractivity contribution in [3.8, 4) is 0 Å². The summed E-state index contributed by atoms with van der Waals surface area (Å²) in [7, 11) is 0. The van der Waals surface area contributed by atoms with Crippen molar-refractivity contribution in [2.75, 3.05) is 0 Å². The first kappa shape index (κ1) is 14.9. The van der Waals surface area contributed by atoms with Crippen LogP contribution in [-0.4, -0.2) is 25.4 Å². The minimum atomic E-state index is -0.222. The molecule has 0 atom stereocenters. The zero-order valence-corrected chi connectivity index (χ0v) is 12.8. The van der Waals surface area contributed by atoms with Crippen LogP contribution in [0.4, 0.5) is 0 Å². The molecule has 0 saturated heterocycles. The molecule has 116 valence electrons. The number of hydrogen-bond donors (Lipinski definition) is 1. The van der Waals surface area contributed by atoms with Crippen molar-refractivity contribution >= 4 is 5.91 Å². The molecule has 0 radical (unpaired) electrons. The normalized spacial score (nSPS) is 10.5. The SMILES string of the molecule is Cc1cnc(C(=O)NCc2ccc(Cn3ccnc3)cc2)cn1. The zero-order chi connectivity index (χ0) is 16.1. The molecule has 1 N–H and O–H groups in total. The highest BCUT2D eigenvalue weighted by Crippen LogP contribution is 2.06. The molecule has 2 heterocycles. The lowest BCUT2D eigenvalue weighted by Gasteiger charge is -2.07. The number of carbonyl (C=O) groups is 1. The Hall–Kier alpha value is -3.02. The Morgan fingerprint density at radius 3 is 2.57 bits per heavy atom. The van der Waals surface area contributed by atoms with E-state index in [0.717, 1.165) is 17.8 Å². The molecule has 6 heteroatoms. The predicted molar refractivity (Wildman–Crippen MR) is 85.7 cm³/mol. The fraction of sp³-hybridized carbons (Fsp3) is 0.176. The van der Waals surface area contributed by atoms with E-state index < -0.39 is 0 Å². The second kappa shape index (κ2) is 6.83. The summed E-state index contributed by atoms with van der Waals surface area (Å²) in [5.41, 5.74) is 3.33. The van der Waals surface area contributed by atoms with Gasteiger partial charge in [-0.3, -0.25) is 9.78 Å². The van der Waals surface area contributed by atoms with Crippen LogP contribution in [0.3, 0.4) is 0 Å². The van der Waals surface area contributed by atoms with Gasteiger partial charge in [0, 0.05) is 31.7 Å². The maximum Gasteiger partial charge on any atom is 0.271 e. The standard InChI is InChI=1S/C17H17N5O/c1-13-8-20-16(10-19-13)17(23)21-9-14-2-4-15(5-3-14)11-22-7-6-18-12-22/h2-8,10,12H,9,11H2,1H3,(H,21,23). The monoisotopic (exact) mass is 307 g/mol. The third kappa shape index (κ3) is 4.00. The molecule has 0 fully saturated rings. The van der Waals surface area contributed by atoms with Crippen LogP contribution in [0.5, 0.6) is 0 Å². The van der Waals surface area contributed by atoms with Crippen LogP contribution in [-0.2, 0) is 13.1 Å². The van der Waals surface area contributed by atoms with Crippen molar-refractivity contribution in [3.05, 3.63) is 77.9 Å². The largest absolute Gasteiger partial charge is 0.347 e. The molecular weight excluding hydrogens is 290 g/mol. The highest BCUT2D eigenvalue weighted by atomic mass is 16.1. The third-order valence-corrected chi connectivity index (χ3v) is 3.41. The van der Waals surface area contributed by atoms with Crippen LogP contribution in [0.25, 0.3) is 0 Å². The van der Waals surface area contributed by atoms with Crippen molar-refractivity contribution in [1.29, 1.82) is 0 Å². The van der Waals surface area contributed by atoms with Gasteiger partial charge in [-0.25, -0.2) is 9.97 Å². The molecule has 2 aromatic heterocycles. The Balaban J connectivity index is 1.56. The van der Waals surface area contributed by atoms with E-state index in [1.165, 1.54) is 11.8 Å². The third-order valence-electron chi connectivity index (χ3n) is 3.41. The summed E-state index contributed by atoms with van der Waals surface area (Å²) < 4.78 is 2.01. The van der Waals surface area contributed by atoms with Gasteiger partial charge in [-0.1, -0.05) is 24.3 Å². The lowest BCUT2D eigenvalue weighted by molar-refractivity contribution is 0.0945. The fourth-order valence-electron chi connectivity index (χ4n) is 2.14. The van der Waals surface area contributed by atoms with Crippen LogP contribution in [0.15, 0.2) is 55.4 Å². The number of carbonyl (C=O) groups excluding carboxylic acids is 1. The van der Waals surface area contributed by atoms with E-state index in [2.05, 4.69) is 20.3 Å². The van der Waals surface area contributed by atoms with Gasteiger partial charge in [-0.05, 0) is 18.1 Å². The van der Waals surface area contributed by atoms with Gasteiger partial charge in [0.05, 0.1) is 18.2 Å². The summed E-state index contributed by atoms with van der Waals surface area (Å²) in [5.74, 6) is -0.222. The highest BCUT2D eigenvalue weighted by Gasteiger charge is 2.07. The van der Waals surface area contributed by atoms with Gasteiger partial charge in [0.25, 0.3) is 5.91 Å².